The maximum absolute atomic E-state index is 5.22. The van der Waals surface area contributed by atoms with Crippen molar-refractivity contribution in [1.29, 1.82) is 0 Å². The van der Waals surface area contributed by atoms with E-state index in [1.165, 1.54) is 37.9 Å². The fourth-order valence-electron chi connectivity index (χ4n) is 3.17. The summed E-state index contributed by atoms with van der Waals surface area (Å²) in [7, 11) is 2.03. The van der Waals surface area contributed by atoms with Crippen LogP contribution in [0.25, 0.3) is 0 Å². The lowest BCUT2D eigenvalue weighted by Crippen LogP contribution is -2.28. The Morgan fingerprint density at radius 3 is 2.50 bits per heavy atom. The SMILES string of the molecule is CC(C)CC1(c2n[nH]c(=S)n2C)CCCC1. The zero-order valence-electron chi connectivity index (χ0n) is 10.4. The van der Waals surface area contributed by atoms with Gasteiger partial charge in [-0.2, -0.15) is 5.10 Å². The van der Waals surface area contributed by atoms with Crippen LogP contribution in [0.3, 0.4) is 0 Å². The third kappa shape index (κ3) is 1.95. The lowest BCUT2D eigenvalue weighted by atomic mass is 9.78. The minimum absolute atomic E-state index is 0.274. The molecular formula is C12H21N3S. The van der Waals surface area contributed by atoms with E-state index in [0.717, 1.165) is 4.77 Å². The van der Waals surface area contributed by atoms with Gasteiger partial charge in [-0.25, -0.2) is 0 Å². The molecule has 0 aliphatic heterocycles. The van der Waals surface area contributed by atoms with Crippen molar-refractivity contribution in [2.24, 2.45) is 13.0 Å². The van der Waals surface area contributed by atoms with Gasteiger partial charge in [0, 0.05) is 12.5 Å². The molecule has 0 spiro atoms. The van der Waals surface area contributed by atoms with Crippen LogP contribution in [0.2, 0.25) is 0 Å². The predicted octanol–water partition coefficient (Wildman–Crippen LogP) is 3.34. The van der Waals surface area contributed by atoms with Gasteiger partial charge in [-0.15, -0.1) is 0 Å². The number of H-pyrrole nitrogens is 1. The first kappa shape index (κ1) is 11.8. The fraction of sp³-hybridized carbons (Fsp3) is 0.833. The van der Waals surface area contributed by atoms with Crippen molar-refractivity contribution < 1.29 is 0 Å². The zero-order valence-corrected chi connectivity index (χ0v) is 11.2. The first-order valence-electron chi connectivity index (χ1n) is 6.17. The molecule has 0 aromatic carbocycles. The van der Waals surface area contributed by atoms with Crippen LogP contribution in [-0.2, 0) is 12.5 Å². The van der Waals surface area contributed by atoms with Crippen LogP contribution in [0, 0.1) is 10.7 Å². The standard InChI is InChI=1S/C12H21N3S/c1-9(2)8-12(6-4-5-7-12)10-13-14-11(16)15(10)3/h9H,4-8H2,1-3H3,(H,14,16). The molecule has 1 N–H and O–H groups in total. The number of hydrogen-bond acceptors (Lipinski definition) is 2. The molecule has 1 saturated carbocycles. The molecule has 3 nitrogen and oxygen atoms in total. The summed E-state index contributed by atoms with van der Waals surface area (Å²) in [6, 6.07) is 0. The average Bonchev–Trinajstić information content (AvgIpc) is 2.76. The number of hydrogen-bond donors (Lipinski definition) is 1. The largest absolute Gasteiger partial charge is 0.307 e. The van der Waals surface area contributed by atoms with Crippen LogP contribution in [0.4, 0.5) is 0 Å². The minimum atomic E-state index is 0.274. The molecule has 4 heteroatoms. The molecule has 0 unspecified atom stereocenters. The van der Waals surface area contributed by atoms with Gasteiger partial charge >= 0.3 is 0 Å². The summed E-state index contributed by atoms with van der Waals surface area (Å²) in [4.78, 5) is 0. The van der Waals surface area contributed by atoms with Gasteiger partial charge in [0.15, 0.2) is 4.77 Å². The van der Waals surface area contributed by atoms with Crippen molar-refractivity contribution in [3.05, 3.63) is 10.6 Å². The van der Waals surface area contributed by atoms with Gasteiger partial charge in [0.25, 0.3) is 0 Å². The van der Waals surface area contributed by atoms with Crippen molar-refractivity contribution >= 4 is 12.2 Å². The molecule has 0 amide bonds. The zero-order chi connectivity index (χ0) is 11.8. The number of rotatable bonds is 3. The van der Waals surface area contributed by atoms with Crippen molar-refractivity contribution in [3.63, 3.8) is 0 Å². The highest BCUT2D eigenvalue weighted by atomic mass is 32.1. The first-order valence-corrected chi connectivity index (χ1v) is 6.58. The lowest BCUT2D eigenvalue weighted by molar-refractivity contribution is 0.320. The Bertz CT molecular complexity index is 410. The van der Waals surface area contributed by atoms with Crippen molar-refractivity contribution in [1.82, 2.24) is 14.8 Å². The van der Waals surface area contributed by atoms with Crippen LogP contribution >= 0.6 is 12.2 Å². The van der Waals surface area contributed by atoms with Gasteiger partial charge in [-0.1, -0.05) is 26.7 Å². The van der Waals surface area contributed by atoms with E-state index in [2.05, 4.69) is 28.6 Å². The monoisotopic (exact) mass is 239 g/mol. The Kier molecular flexibility index (Phi) is 3.19. The van der Waals surface area contributed by atoms with Gasteiger partial charge in [-0.3, -0.25) is 5.10 Å². The van der Waals surface area contributed by atoms with Crippen LogP contribution < -0.4 is 0 Å². The Morgan fingerprint density at radius 1 is 1.44 bits per heavy atom. The molecule has 1 heterocycles. The van der Waals surface area contributed by atoms with E-state index in [4.69, 9.17) is 12.2 Å². The number of aromatic amines is 1. The minimum Gasteiger partial charge on any atom is -0.307 e. The molecule has 0 saturated heterocycles. The highest BCUT2D eigenvalue weighted by molar-refractivity contribution is 7.71. The topological polar surface area (TPSA) is 33.6 Å². The molecule has 16 heavy (non-hydrogen) atoms. The molecule has 0 bridgehead atoms. The molecule has 1 aliphatic carbocycles. The van der Waals surface area contributed by atoms with Gasteiger partial charge in [0.2, 0.25) is 0 Å². The maximum Gasteiger partial charge on any atom is 0.194 e. The number of nitrogens with one attached hydrogen (secondary N) is 1. The molecule has 1 aliphatic rings. The molecule has 2 rings (SSSR count). The molecule has 0 atom stereocenters. The Morgan fingerprint density at radius 2 is 2.06 bits per heavy atom. The summed E-state index contributed by atoms with van der Waals surface area (Å²) in [6.07, 6.45) is 6.40. The summed E-state index contributed by atoms with van der Waals surface area (Å²) < 4.78 is 2.80. The van der Waals surface area contributed by atoms with Crippen molar-refractivity contribution in [3.8, 4) is 0 Å². The lowest BCUT2D eigenvalue weighted by Gasteiger charge is -2.29. The summed E-state index contributed by atoms with van der Waals surface area (Å²) in [6.45, 7) is 4.59. The smallest absolute Gasteiger partial charge is 0.194 e. The van der Waals surface area contributed by atoms with E-state index in [0.29, 0.717) is 5.92 Å². The molecule has 1 fully saturated rings. The summed E-state index contributed by atoms with van der Waals surface area (Å²) in [5.74, 6) is 1.88. The summed E-state index contributed by atoms with van der Waals surface area (Å²) >= 11 is 5.22. The number of aromatic nitrogens is 3. The Labute approximate surface area is 102 Å². The second-order valence-corrected chi connectivity index (χ2v) is 5.88. The summed E-state index contributed by atoms with van der Waals surface area (Å²) in [5.41, 5.74) is 0.274. The van der Waals surface area contributed by atoms with Crippen molar-refractivity contribution in [2.45, 2.75) is 51.4 Å². The molecule has 90 valence electrons. The van der Waals surface area contributed by atoms with E-state index in [-0.39, 0.29) is 5.41 Å². The normalized spacial score (nSPS) is 19.5. The highest BCUT2D eigenvalue weighted by Crippen LogP contribution is 2.44. The van der Waals surface area contributed by atoms with Gasteiger partial charge < -0.3 is 4.57 Å². The Balaban J connectivity index is 2.39. The van der Waals surface area contributed by atoms with E-state index < -0.39 is 0 Å². The quantitative estimate of drug-likeness (QED) is 0.821. The molecule has 1 aromatic heterocycles. The third-order valence-corrected chi connectivity index (χ3v) is 4.08. The van der Waals surface area contributed by atoms with Gasteiger partial charge in [0.1, 0.15) is 5.82 Å². The van der Waals surface area contributed by atoms with Gasteiger partial charge in [0.05, 0.1) is 0 Å². The summed E-state index contributed by atoms with van der Waals surface area (Å²) in [5, 5.41) is 7.40. The van der Waals surface area contributed by atoms with Crippen LogP contribution in [0.5, 0.6) is 0 Å². The molecular weight excluding hydrogens is 218 g/mol. The number of nitrogens with zero attached hydrogens (tertiary/aromatic N) is 2. The van der Waals surface area contributed by atoms with Crippen molar-refractivity contribution in [2.75, 3.05) is 0 Å². The molecule has 0 radical (unpaired) electrons. The van der Waals surface area contributed by atoms with Crippen LogP contribution in [-0.4, -0.2) is 14.8 Å². The second-order valence-electron chi connectivity index (χ2n) is 5.50. The van der Waals surface area contributed by atoms with Crippen LogP contribution in [0.1, 0.15) is 51.8 Å². The first-order chi connectivity index (χ1) is 7.55. The second kappa shape index (κ2) is 4.32. The van der Waals surface area contributed by atoms with E-state index >= 15 is 0 Å². The third-order valence-electron chi connectivity index (χ3n) is 3.71. The van der Waals surface area contributed by atoms with E-state index in [9.17, 15) is 0 Å². The fourth-order valence-corrected chi connectivity index (χ4v) is 3.31. The van der Waals surface area contributed by atoms with Gasteiger partial charge in [-0.05, 0) is 37.4 Å². The Hall–Kier alpha value is -0.640. The molecule has 1 aromatic rings. The average molecular weight is 239 g/mol. The van der Waals surface area contributed by atoms with E-state index in [1.807, 2.05) is 7.05 Å². The van der Waals surface area contributed by atoms with E-state index in [1.54, 1.807) is 0 Å². The predicted molar refractivity (Wildman–Crippen MR) is 68.0 cm³/mol. The maximum atomic E-state index is 5.22. The van der Waals surface area contributed by atoms with Crippen LogP contribution in [0.15, 0.2) is 0 Å². The highest BCUT2D eigenvalue weighted by Gasteiger charge is 2.39.